The third kappa shape index (κ3) is 2.35. The lowest BCUT2D eigenvalue weighted by molar-refractivity contribution is -0.0989. The maximum atomic E-state index is 5.46. The Morgan fingerprint density at radius 3 is 2.50 bits per heavy atom. The van der Waals surface area contributed by atoms with E-state index in [0.717, 1.165) is 5.56 Å². The lowest BCUT2D eigenvalue weighted by Gasteiger charge is -2.23. The molecule has 0 aliphatic rings. The average Bonchev–Trinajstić information content (AvgIpc) is 2.27. The number of hydrogen-bond acceptors (Lipinski definition) is 2. The van der Waals surface area contributed by atoms with Gasteiger partial charge in [-0.2, -0.15) is 0 Å². The zero-order valence-corrected chi connectivity index (χ0v) is 8.49. The maximum absolute atomic E-state index is 5.46. The second kappa shape index (κ2) is 4.80. The Bertz CT molecular complexity index is 313. The molecule has 0 saturated heterocycles. The van der Waals surface area contributed by atoms with Gasteiger partial charge in [-0.1, -0.05) is 36.3 Å². The smallest absolute Gasteiger partial charge is 0.153 e. The minimum atomic E-state index is -0.711. The van der Waals surface area contributed by atoms with Crippen molar-refractivity contribution < 1.29 is 9.47 Å². The fourth-order valence-electron chi connectivity index (χ4n) is 1.14. The summed E-state index contributed by atoms with van der Waals surface area (Å²) in [6.07, 6.45) is 5.45. The van der Waals surface area contributed by atoms with Gasteiger partial charge in [0.15, 0.2) is 5.60 Å². The van der Waals surface area contributed by atoms with Gasteiger partial charge in [0, 0.05) is 7.11 Å². The molecular formula is C12H14O2. The third-order valence-corrected chi connectivity index (χ3v) is 2.07. The number of methoxy groups -OCH3 is 1. The van der Waals surface area contributed by atoms with Crippen LogP contribution in [0.15, 0.2) is 30.3 Å². The Morgan fingerprint density at radius 1 is 1.36 bits per heavy atom. The first kappa shape index (κ1) is 10.8. The number of hydrogen-bond donors (Lipinski definition) is 0. The lowest BCUT2D eigenvalue weighted by Crippen LogP contribution is -2.24. The van der Waals surface area contributed by atoms with Crippen molar-refractivity contribution >= 4 is 0 Å². The Kier molecular flexibility index (Phi) is 3.70. The van der Waals surface area contributed by atoms with E-state index in [-0.39, 0.29) is 6.79 Å². The van der Waals surface area contributed by atoms with Gasteiger partial charge in [-0.05, 0) is 12.5 Å². The van der Waals surface area contributed by atoms with E-state index in [2.05, 4.69) is 5.92 Å². The summed E-state index contributed by atoms with van der Waals surface area (Å²) in [5, 5.41) is 0. The van der Waals surface area contributed by atoms with Crippen LogP contribution in [0.5, 0.6) is 0 Å². The Labute approximate surface area is 84.8 Å². The highest BCUT2D eigenvalue weighted by atomic mass is 16.7. The van der Waals surface area contributed by atoms with Gasteiger partial charge in [0.25, 0.3) is 0 Å². The van der Waals surface area contributed by atoms with Crippen molar-refractivity contribution in [1.29, 1.82) is 0 Å². The highest BCUT2D eigenvalue weighted by Gasteiger charge is 2.24. The molecule has 74 valence electrons. The Morgan fingerprint density at radius 2 is 2.00 bits per heavy atom. The fourth-order valence-corrected chi connectivity index (χ4v) is 1.14. The van der Waals surface area contributed by atoms with Gasteiger partial charge in [-0.25, -0.2) is 0 Å². The van der Waals surface area contributed by atoms with E-state index >= 15 is 0 Å². The van der Waals surface area contributed by atoms with Gasteiger partial charge in [0.05, 0.1) is 0 Å². The molecule has 2 heteroatoms. The molecule has 0 radical (unpaired) electrons. The molecule has 0 spiro atoms. The van der Waals surface area contributed by atoms with E-state index in [1.54, 1.807) is 7.11 Å². The SMILES string of the molecule is C#CC(C)(OCOC)c1ccccc1. The second-order valence-corrected chi connectivity index (χ2v) is 3.09. The summed E-state index contributed by atoms with van der Waals surface area (Å²) in [6, 6.07) is 9.68. The standard InChI is InChI=1S/C12H14O2/c1-4-12(2,14-10-13-3)11-8-6-5-7-9-11/h1,5-9H,10H2,2-3H3. The van der Waals surface area contributed by atoms with Crippen molar-refractivity contribution in [2.75, 3.05) is 13.9 Å². The zero-order chi connectivity index (χ0) is 10.4. The van der Waals surface area contributed by atoms with Crippen LogP contribution in [0.4, 0.5) is 0 Å². The molecule has 0 saturated carbocycles. The van der Waals surface area contributed by atoms with Crippen LogP contribution in [0.1, 0.15) is 12.5 Å². The molecule has 1 aromatic carbocycles. The van der Waals surface area contributed by atoms with Gasteiger partial charge in [0.1, 0.15) is 6.79 Å². The minimum Gasteiger partial charge on any atom is -0.359 e. The number of rotatable bonds is 4. The highest BCUT2D eigenvalue weighted by molar-refractivity contribution is 5.29. The summed E-state index contributed by atoms with van der Waals surface area (Å²) in [7, 11) is 1.57. The van der Waals surface area contributed by atoms with Crippen molar-refractivity contribution in [3.05, 3.63) is 35.9 Å². The molecular weight excluding hydrogens is 176 g/mol. The first-order valence-electron chi connectivity index (χ1n) is 4.39. The van der Waals surface area contributed by atoms with E-state index in [4.69, 9.17) is 15.9 Å². The van der Waals surface area contributed by atoms with E-state index in [1.807, 2.05) is 37.3 Å². The van der Waals surface area contributed by atoms with Crippen LogP contribution < -0.4 is 0 Å². The van der Waals surface area contributed by atoms with Crippen LogP contribution in [-0.2, 0) is 15.1 Å². The predicted octanol–water partition coefficient (Wildman–Crippen LogP) is 2.16. The average molecular weight is 190 g/mol. The molecule has 0 aliphatic heterocycles. The van der Waals surface area contributed by atoms with Gasteiger partial charge < -0.3 is 9.47 Å². The van der Waals surface area contributed by atoms with E-state index in [0.29, 0.717) is 0 Å². The largest absolute Gasteiger partial charge is 0.359 e. The normalized spacial score (nSPS) is 14.4. The van der Waals surface area contributed by atoms with Crippen molar-refractivity contribution in [2.24, 2.45) is 0 Å². The lowest BCUT2D eigenvalue weighted by atomic mass is 9.97. The Balaban J connectivity index is 2.86. The number of benzene rings is 1. The summed E-state index contributed by atoms with van der Waals surface area (Å²) in [5.41, 5.74) is 0.247. The topological polar surface area (TPSA) is 18.5 Å². The van der Waals surface area contributed by atoms with E-state index in [1.165, 1.54) is 0 Å². The van der Waals surface area contributed by atoms with Crippen LogP contribution >= 0.6 is 0 Å². The summed E-state index contributed by atoms with van der Waals surface area (Å²) < 4.78 is 10.3. The van der Waals surface area contributed by atoms with Gasteiger partial charge in [-0.3, -0.25) is 0 Å². The first-order chi connectivity index (χ1) is 6.73. The molecule has 14 heavy (non-hydrogen) atoms. The van der Waals surface area contributed by atoms with Crippen molar-refractivity contribution in [3.63, 3.8) is 0 Å². The van der Waals surface area contributed by atoms with Crippen molar-refractivity contribution in [3.8, 4) is 12.3 Å². The summed E-state index contributed by atoms with van der Waals surface area (Å²) >= 11 is 0. The van der Waals surface area contributed by atoms with Crippen molar-refractivity contribution in [2.45, 2.75) is 12.5 Å². The van der Waals surface area contributed by atoms with Crippen LogP contribution in [0.25, 0.3) is 0 Å². The number of ether oxygens (including phenoxy) is 2. The van der Waals surface area contributed by atoms with Gasteiger partial charge in [-0.15, -0.1) is 6.42 Å². The second-order valence-electron chi connectivity index (χ2n) is 3.09. The van der Waals surface area contributed by atoms with Crippen LogP contribution in [0.3, 0.4) is 0 Å². The summed E-state index contributed by atoms with van der Waals surface area (Å²) in [5.74, 6) is 2.63. The minimum absolute atomic E-state index is 0.190. The predicted molar refractivity (Wildman–Crippen MR) is 55.6 cm³/mol. The van der Waals surface area contributed by atoms with Gasteiger partial charge in [0.2, 0.25) is 0 Å². The monoisotopic (exact) mass is 190 g/mol. The Hall–Kier alpha value is -1.30. The van der Waals surface area contributed by atoms with Gasteiger partial charge >= 0.3 is 0 Å². The van der Waals surface area contributed by atoms with Crippen LogP contribution in [0.2, 0.25) is 0 Å². The molecule has 0 heterocycles. The van der Waals surface area contributed by atoms with Crippen LogP contribution in [-0.4, -0.2) is 13.9 Å². The molecule has 1 atom stereocenters. The van der Waals surface area contributed by atoms with E-state index < -0.39 is 5.60 Å². The quantitative estimate of drug-likeness (QED) is 0.535. The first-order valence-corrected chi connectivity index (χ1v) is 4.39. The van der Waals surface area contributed by atoms with Crippen LogP contribution in [0, 0.1) is 12.3 Å². The third-order valence-electron chi connectivity index (χ3n) is 2.07. The molecule has 0 fully saturated rings. The summed E-state index contributed by atoms with van der Waals surface area (Å²) in [6.45, 7) is 2.04. The van der Waals surface area contributed by atoms with E-state index in [9.17, 15) is 0 Å². The van der Waals surface area contributed by atoms with Crippen molar-refractivity contribution in [1.82, 2.24) is 0 Å². The molecule has 1 aromatic rings. The fraction of sp³-hybridized carbons (Fsp3) is 0.333. The molecule has 0 bridgehead atoms. The molecule has 0 amide bonds. The molecule has 0 N–H and O–H groups in total. The molecule has 0 aliphatic carbocycles. The highest BCUT2D eigenvalue weighted by Crippen LogP contribution is 2.23. The molecule has 0 aromatic heterocycles. The maximum Gasteiger partial charge on any atom is 0.153 e. The summed E-state index contributed by atoms with van der Waals surface area (Å²) in [4.78, 5) is 0. The molecule has 1 unspecified atom stereocenters. The molecule has 2 nitrogen and oxygen atoms in total. The molecule has 1 rings (SSSR count). The zero-order valence-electron chi connectivity index (χ0n) is 8.49. The number of terminal acetylenes is 1.